The van der Waals surface area contributed by atoms with Crippen LogP contribution in [-0.2, 0) is 6.42 Å². The van der Waals surface area contributed by atoms with E-state index < -0.39 is 0 Å². The van der Waals surface area contributed by atoms with Crippen LogP contribution in [0.2, 0.25) is 0 Å². The topological polar surface area (TPSA) is 42.2 Å². The van der Waals surface area contributed by atoms with Crippen molar-refractivity contribution >= 4 is 11.1 Å². The summed E-state index contributed by atoms with van der Waals surface area (Å²) < 4.78 is 5.42. The van der Waals surface area contributed by atoms with Gasteiger partial charge in [0.05, 0.1) is 12.0 Å². The minimum Gasteiger partial charge on any atom is -0.463 e. The molecule has 2 unspecified atom stereocenters. The second kappa shape index (κ2) is 7.20. The Labute approximate surface area is 155 Å². The van der Waals surface area contributed by atoms with E-state index >= 15 is 0 Å². The van der Waals surface area contributed by atoms with E-state index in [9.17, 15) is 0 Å². The number of hydrogen-bond donors (Lipinski definition) is 0. The third-order valence-electron chi connectivity index (χ3n) is 5.52. The zero-order valence-electron chi connectivity index (χ0n) is 15.9. The first-order valence-electron chi connectivity index (χ1n) is 9.61. The van der Waals surface area contributed by atoms with Crippen molar-refractivity contribution in [3.05, 3.63) is 59.2 Å². The van der Waals surface area contributed by atoms with Gasteiger partial charge in [-0.2, -0.15) is 0 Å². The normalized spacial score (nSPS) is 19.7. The third kappa shape index (κ3) is 3.65. The lowest BCUT2D eigenvalue weighted by Gasteiger charge is -2.36. The minimum atomic E-state index is 0.331. The first kappa shape index (κ1) is 17.2. The Morgan fingerprint density at radius 1 is 1.15 bits per heavy atom. The molecule has 26 heavy (non-hydrogen) atoms. The standard InChI is InChI=1S/C22H27N3O/c1-15-11-19(12-16(2)23-15)13-18-5-4-9-25(14-18)17(3)20-6-7-22-21(24-20)8-10-26-22/h6-8,10-12,17-18H,4-5,9,13-14H2,1-3H3. The molecule has 1 aliphatic rings. The first-order chi connectivity index (χ1) is 12.6. The number of hydrogen-bond acceptors (Lipinski definition) is 4. The van der Waals surface area contributed by atoms with E-state index in [1.54, 1.807) is 6.26 Å². The van der Waals surface area contributed by atoms with Crippen molar-refractivity contribution in [2.45, 2.75) is 46.1 Å². The van der Waals surface area contributed by atoms with Crippen molar-refractivity contribution in [1.82, 2.24) is 14.9 Å². The molecule has 0 bridgehead atoms. The molecule has 3 aromatic heterocycles. The van der Waals surface area contributed by atoms with Gasteiger partial charge in [-0.3, -0.25) is 9.88 Å². The number of rotatable bonds is 4. The van der Waals surface area contributed by atoms with Gasteiger partial charge >= 0.3 is 0 Å². The summed E-state index contributed by atoms with van der Waals surface area (Å²) in [5.74, 6) is 0.699. The molecule has 1 saturated heterocycles. The van der Waals surface area contributed by atoms with Gasteiger partial charge in [0.15, 0.2) is 5.58 Å². The fraction of sp³-hybridized carbons (Fsp3) is 0.455. The van der Waals surface area contributed by atoms with Crippen molar-refractivity contribution in [1.29, 1.82) is 0 Å². The summed E-state index contributed by atoms with van der Waals surface area (Å²) in [6, 6.07) is 10.9. The summed E-state index contributed by atoms with van der Waals surface area (Å²) in [6.45, 7) is 8.73. The SMILES string of the molecule is Cc1cc(CC2CCCN(C(C)c3ccc4occc4n3)C2)cc(C)n1. The maximum atomic E-state index is 5.42. The molecule has 0 radical (unpaired) electrons. The number of likely N-dealkylation sites (tertiary alicyclic amines) is 1. The van der Waals surface area contributed by atoms with E-state index in [1.165, 1.54) is 18.4 Å². The molecule has 1 fully saturated rings. The molecule has 1 aliphatic heterocycles. The molecular formula is C22H27N3O. The highest BCUT2D eigenvalue weighted by atomic mass is 16.3. The lowest BCUT2D eigenvalue weighted by molar-refractivity contribution is 0.129. The molecule has 0 aliphatic carbocycles. The molecule has 4 nitrogen and oxygen atoms in total. The van der Waals surface area contributed by atoms with Crippen LogP contribution < -0.4 is 0 Å². The van der Waals surface area contributed by atoms with Gasteiger partial charge in [0.1, 0.15) is 5.52 Å². The zero-order chi connectivity index (χ0) is 18.1. The molecule has 2 atom stereocenters. The lowest BCUT2D eigenvalue weighted by Crippen LogP contribution is -2.38. The van der Waals surface area contributed by atoms with Crippen LogP contribution in [0.5, 0.6) is 0 Å². The molecule has 0 saturated carbocycles. The highest BCUT2D eigenvalue weighted by Gasteiger charge is 2.25. The third-order valence-corrected chi connectivity index (χ3v) is 5.52. The largest absolute Gasteiger partial charge is 0.463 e. The molecule has 0 amide bonds. The van der Waals surface area contributed by atoms with Crippen molar-refractivity contribution in [3.63, 3.8) is 0 Å². The van der Waals surface area contributed by atoms with Crippen LogP contribution in [0, 0.1) is 19.8 Å². The summed E-state index contributed by atoms with van der Waals surface area (Å²) in [5, 5.41) is 0. The molecule has 0 aromatic carbocycles. The van der Waals surface area contributed by atoms with Crippen LogP contribution in [0.25, 0.3) is 11.1 Å². The van der Waals surface area contributed by atoms with Gasteiger partial charge in [0.25, 0.3) is 0 Å². The Morgan fingerprint density at radius 2 is 1.96 bits per heavy atom. The van der Waals surface area contributed by atoms with Crippen molar-refractivity contribution in [2.75, 3.05) is 13.1 Å². The summed E-state index contributed by atoms with van der Waals surface area (Å²) in [4.78, 5) is 11.9. The summed E-state index contributed by atoms with van der Waals surface area (Å²) in [6.07, 6.45) is 5.41. The van der Waals surface area contributed by atoms with Gasteiger partial charge in [-0.1, -0.05) is 0 Å². The predicted molar refractivity (Wildman–Crippen MR) is 104 cm³/mol. The quantitative estimate of drug-likeness (QED) is 0.675. The van der Waals surface area contributed by atoms with Crippen LogP contribution in [0.15, 0.2) is 41.0 Å². The van der Waals surface area contributed by atoms with Gasteiger partial charge in [-0.25, -0.2) is 4.98 Å². The molecule has 4 rings (SSSR count). The Morgan fingerprint density at radius 3 is 2.77 bits per heavy atom. The second-order valence-corrected chi connectivity index (χ2v) is 7.68. The number of aromatic nitrogens is 2. The van der Waals surface area contributed by atoms with Gasteiger partial charge in [0, 0.05) is 30.0 Å². The van der Waals surface area contributed by atoms with Crippen LogP contribution >= 0.6 is 0 Å². The minimum absolute atomic E-state index is 0.331. The van der Waals surface area contributed by atoms with Crippen LogP contribution in [0.1, 0.15) is 48.5 Å². The first-order valence-corrected chi connectivity index (χ1v) is 9.61. The average molecular weight is 349 g/mol. The summed E-state index contributed by atoms with van der Waals surface area (Å²) >= 11 is 0. The smallest absolute Gasteiger partial charge is 0.152 e. The fourth-order valence-corrected chi connectivity index (χ4v) is 4.28. The fourth-order valence-electron chi connectivity index (χ4n) is 4.28. The van der Waals surface area contributed by atoms with E-state index in [0.29, 0.717) is 12.0 Å². The average Bonchev–Trinajstić information content (AvgIpc) is 3.08. The molecule has 4 heteroatoms. The van der Waals surface area contributed by atoms with Gasteiger partial charge in [-0.05, 0) is 82.3 Å². The van der Waals surface area contributed by atoms with Gasteiger partial charge in [0.2, 0.25) is 0 Å². The zero-order valence-corrected chi connectivity index (χ0v) is 15.9. The maximum Gasteiger partial charge on any atom is 0.152 e. The van der Waals surface area contributed by atoms with Crippen molar-refractivity contribution in [2.24, 2.45) is 5.92 Å². The number of piperidine rings is 1. The van der Waals surface area contributed by atoms with Crippen LogP contribution in [0.3, 0.4) is 0 Å². The van der Waals surface area contributed by atoms with E-state index in [0.717, 1.165) is 47.7 Å². The number of pyridine rings is 2. The van der Waals surface area contributed by atoms with Crippen molar-refractivity contribution < 1.29 is 4.42 Å². The highest BCUT2D eigenvalue weighted by Crippen LogP contribution is 2.29. The highest BCUT2D eigenvalue weighted by molar-refractivity contribution is 5.72. The number of furan rings is 1. The van der Waals surface area contributed by atoms with Crippen LogP contribution in [0.4, 0.5) is 0 Å². The Bertz CT molecular complexity index is 881. The van der Waals surface area contributed by atoms with E-state index in [2.05, 4.69) is 48.9 Å². The molecular weight excluding hydrogens is 322 g/mol. The van der Waals surface area contributed by atoms with E-state index in [4.69, 9.17) is 9.40 Å². The Hall–Kier alpha value is -2.20. The van der Waals surface area contributed by atoms with Crippen LogP contribution in [-0.4, -0.2) is 28.0 Å². The number of fused-ring (bicyclic) bond motifs is 1. The van der Waals surface area contributed by atoms with Crippen molar-refractivity contribution in [3.8, 4) is 0 Å². The molecule has 0 N–H and O–H groups in total. The molecule has 0 spiro atoms. The van der Waals surface area contributed by atoms with Gasteiger partial charge < -0.3 is 4.42 Å². The summed E-state index contributed by atoms with van der Waals surface area (Å²) in [5.41, 5.74) is 6.62. The lowest BCUT2D eigenvalue weighted by atomic mass is 9.90. The van der Waals surface area contributed by atoms with E-state index in [1.807, 2.05) is 12.1 Å². The predicted octanol–water partition coefficient (Wildman–Crippen LogP) is 4.86. The molecule has 136 valence electrons. The Kier molecular flexibility index (Phi) is 4.77. The maximum absolute atomic E-state index is 5.42. The monoisotopic (exact) mass is 349 g/mol. The Balaban J connectivity index is 1.47. The number of aryl methyl sites for hydroxylation is 2. The number of nitrogens with zero attached hydrogens (tertiary/aromatic N) is 3. The second-order valence-electron chi connectivity index (χ2n) is 7.68. The molecule has 4 heterocycles. The van der Waals surface area contributed by atoms with E-state index in [-0.39, 0.29) is 0 Å². The van der Waals surface area contributed by atoms with Gasteiger partial charge in [-0.15, -0.1) is 0 Å². The molecule has 3 aromatic rings. The summed E-state index contributed by atoms with van der Waals surface area (Å²) in [7, 11) is 0.